The zero-order valence-corrected chi connectivity index (χ0v) is 10.4. The molecule has 0 saturated heterocycles. The van der Waals surface area contributed by atoms with Crippen molar-refractivity contribution in [2.45, 2.75) is 20.8 Å². The van der Waals surface area contributed by atoms with Crippen molar-refractivity contribution in [3.8, 4) is 0 Å². The van der Waals surface area contributed by atoms with Crippen LogP contribution in [0.5, 0.6) is 0 Å². The van der Waals surface area contributed by atoms with E-state index in [1.54, 1.807) is 0 Å². The number of fused-ring (bicyclic) bond motifs is 1. The second kappa shape index (κ2) is 3.66. The maximum Gasteiger partial charge on any atom is 0.0989 e. The molecule has 2 heteroatoms. The van der Waals surface area contributed by atoms with Gasteiger partial charge in [-0.1, -0.05) is 31.2 Å². The monoisotopic (exact) mass is 228 g/mol. The molecule has 17 heavy (non-hydrogen) atoms. The highest BCUT2D eigenvalue weighted by atomic mass is 15.4. The Bertz CT molecular complexity index is 590. The number of hydrogen-bond donors (Lipinski definition) is 0. The molecule has 88 valence electrons. The predicted octanol–water partition coefficient (Wildman–Crippen LogP) is 3.47. The molecule has 2 heterocycles. The molecular weight excluding hydrogens is 208 g/mol. The molecule has 2 aliphatic heterocycles. The summed E-state index contributed by atoms with van der Waals surface area (Å²) in [6.45, 7) is 5.41. The van der Waals surface area contributed by atoms with Gasteiger partial charge in [0, 0.05) is 30.5 Å². The number of nitrogens with zero attached hydrogens (tertiary/aromatic N) is 2. The predicted molar refractivity (Wildman–Crippen MR) is 71.4 cm³/mol. The molecule has 0 fully saturated rings. The van der Waals surface area contributed by atoms with Crippen molar-refractivity contribution in [3.05, 3.63) is 53.5 Å². The van der Waals surface area contributed by atoms with Gasteiger partial charge in [-0.3, -0.25) is 0 Å². The van der Waals surface area contributed by atoms with E-state index in [0.29, 0.717) is 0 Å². The molecular formula is C15H18N2. The fourth-order valence-corrected chi connectivity index (χ4v) is 2.52. The van der Waals surface area contributed by atoms with Gasteiger partial charge >= 0.3 is 0 Å². The van der Waals surface area contributed by atoms with Crippen molar-refractivity contribution in [1.82, 2.24) is 4.90 Å². The lowest BCUT2D eigenvalue weighted by atomic mass is 10.1. The molecule has 0 bridgehead atoms. The lowest BCUT2D eigenvalue weighted by Crippen LogP contribution is -2.23. The van der Waals surface area contributed by atoms with Gasteiger partial charge in [0.05, 0.1) is 8.02 Å². The van der Waals surface area contributed by atoms with Crippen molar-refractivity contribution in [3.63, 3.8) is 0 Å². The highest BCUT2D eigenvalue weighted by Gasteiger charge is 2.31. The normalized spacial score (nSPS) is 33.0. The smallest absolute Gasteiger partial charge is 0.0989 e. The molecule has 0 saturated carbocycles. The second-order valence-electron chi connectivity index (χ2n) is 4.61. The highest BCUT2D eigenvalue weighted by molar-refractivity contribution is 5.60. The number of hydrogen-bond acceptors (Lipinski definition) is 2. The van der Waals surface area contributed by atoms with Gasteiger partial charge in [0.15, 0.2) is 0 Å². The highest BCUT2D eigenvalue weighted by Crippen LogP contribution is 2.38. The average molecular weight is 228 g/mol. The molecule has 0 N–H and O–H groups in total. The molecule has 0 amide bonds. The van der Waals surface area contributed by atoms with E-state index in [4.69, 9.17) is 2.74 Å². The summed E-state index contributed by atoms with van der Waals surface area (Å²) in [4.78, 5) is 3.88. The van der Waals surface area contributed by atoms with Crippen molar-refractivity contribution in [2.24, 2.45) is 5.89 Å². The van der Waals surface area contributed by atoms with E-state index >= 15 is 0 Å². The summed E-state index contributed by atoms with van der Waals surface area (Å²) >= 11 is 0. The van der Waals surface area contributed by atoms with Crippen molar-refractivity contribution >= 4 is 5.69 Å². The maximum atomic E-state index is 8.43. The van der Waals surface area contributed by atoms with Crippen LogP contribution in [0.15, 0.2) is 47.9 Å². The third kappa shape index (κ3) is 1.47. The Morgan fingerprint density at radius 1 is 1.35 bits per heavy atom. The lowest BCUT2D eigenvalue weighted by Gasteiger charge is -2.22. The molecule has 0 aliphatic carbocycles. The Morgan fingerprint density at radius 3 is 2.82 bits per heavy atom. The molecule has 0 radical (unpaired) electrons. The van der Waals surface area contributed by atoms with Crippen molar-refractivity contribution in [1.29, 1.82) is 0 Å². The summed E-state index contributed by atoms with van der Waals surface area (Å²) in [5, 5.41) is 0. The Hall–Kier alpha value is -1.70. The minimum absolute atomic E-state index is 0.514. The minimum Gasteiger partial charge on any atom is -0.331 e. The van der Waals surface area contributed by atoms with E-state index in [-0.39, 0.29) is 0 Å². The summed E-state index contributed by atoms with van der Waals surface area (Å²) in [6.07, 6.45) is 3.71. The van der Waals surface area contributed by atoms with Gasteiger partial charge in [-0.15, -0.1) is 0 Å². The van der Waals surface area contributed by atoms with E-state index < -0.39 is 12.5 Å². The van der Waals surface area contributed by atoms with Gasteiger partial charge in [-0.2, -0.15) is 0 Å². The van der Waals surface area contributed by atoms with Gasteiger partial charge in [-0.25, -0.2) is 0 Å². The van der Waals surface area contributed by atoms with E-state index in [2.05, 4.69) is 13.0 Å². The molecule has 2 aliphatic rings. The van der Waals surface area contributed by atoms with Gasteiger partial charge in [-0.05, 0) is 25.5 Å². The Morgan fingerprint density at radius 2 is 2.12 bits per heavy atom. The van der Waals surface area contributed by atoms with Gasteiger partial charge in [0.1, 0.15) is 0 Å². The number of rotatable bonds is 1. The van der Waals surface area contributed by atoms with Crippen LogP contribution in [-0.2, 0) is 0 Å². The first kappa shape index (κ1) is 8.40. The van der Waals surface area contributed by atoms with Gasteiger partial charge < -0.3 is 9.80 Å². The Balaban J connectivity index is 2.11. The standard InChI is InChI=1S/C15H18N2/c1-11-6-4-5-7-14(11)17-10-16-9-8-12(2)15(16)13(17)3/h4-9,12H,10H2,1-3H3/i10D,12D. The van der Waals surface area contributed by atoms with Crippen LogP contribution in [0.25, 0.3) is 0 Å². The number of benzene rings is 1. The first-order valence-corrected chi connectivity index (χ1v) is 5.89. The van der Waals surface area contributed by atoms with Crippen molar-refractivity contribution in [2.75, 3.05) is 11.5 Å². The molecule has 1 aromatic rings. The van der Waals surface area contributed by atoms with Crippen LogP contribution in [0.1, 0.15) is 22.2 Å². The number of para-hydroxylation sites is 1. The number of anilines is 1. The van der Waals surface area contributed by atoms with Crippen molar-refractivity contribution < 1.29 is 2.74 Å². The molecule has 1 aromatic carbocycles. The molecule has 0 spiro atoms. The number of aryl methyl sites for hydroxylation is 1. The molecule has 3 rings (SSSR count). The summed E-state index contributed by atoms with van der Waals surface area (Å²) in [5.74, 6) is -0.735. The van der Waals surface area contributed by atoms with Crippen LogP contribution >= 0.6 is 0 Å². The fraction of sp³-hybridized carbons (Fsp3) is 0.333. The molecule has 2 atom stereocenters. The Labute approximate surface area is 106 Å². The van der Waals surface area contributed by atoms with E-state index in [9.17, 15) is 0 Å². The van der Waals surface area contributed by atoms with E-state index in [1.165, 1.54) is 0 Å². The van der Waals surface area contributed by atoms with E-state index in [0.717, 1.165) is 22.6 Å². The van der Waals surface area contributed by atoms with Gasteiger partial charge in [0.2, 0.25) is 0 Å². The number of allylic oxidation sites excluding steroid dienone is 2. The largest absolute Gasteiger partial charge is 0.331 e. The molecule has 2 unspecified atom stereocenters. The summed E-state index contributed by atoms with van der Waals surface area (Å²) in [6, 6.07) is 8.09. The van der Waals surface area contributed by atoms with Crippen LogP contribution in [0.3, 0.4) is 0 Å². The first-order chi connectivity index (χ1) is 8.93. The van der Waals surface area contributed by atoms with Crippen LogP contribution in [0, 0.1) is 12.8 Å². The second-order valence-corrected chi connectivity index (χ2v) is 4.61. The van der Waals surface area contributed by atoms with Crippen LogP contribution in [0.4, 0.5) is 5.69 Å². The topological polar surface area (TPSA) is 6.48 Å². The summed E-state index contributed by atoms with van der Waals surface area (Å²) < 4.78 is 16.8. The average Bonchev–Trinajstić information content (AvgIpc) is 2.79. The molecule has 0 aromatic heterocycles. The minimum atomic E-state index is -0.735. The zero-order chi connectivity index (χ0) is 13.8. The fourth-order valence-electron chi connectivity index (χ4n) is 2.52. The Kier molecular flexibility index (Phi) is 1.81. The summed E-state index contributed by atoms with van der Waals surface area (Å²) in [7, 11) is 0. The van der Waals surface area contributed by atoms with Crippen LogP contribution in [-0.4, -0.2) is 11.5 Å². The SMILES string of the molecule is [2H]C1N2C=CC([2H])(C)C2=C(C)N1c1ccccc1C. The zero-order valence-electron chi connectivity index (χ0n) is 12.4. The lowest BCUT2D eigenvalue weighted by molar-refractivity contribution is 0.501. The van der Waals surface area contributed by atoms with Gasteiger partial charge in [0.25, 0.3) is 0 Å². The van der Waals surface area contributed by atoms with Crippen LogP contribution in [0.2, 0.25) is 0 Å². The summed E-state index contributed by atoms with van der Waals surface area (Å²) in [5.41, 5.74) is 4.11. The maximum absolute atomic E-state index is 8.43. The quantitative estimate of drug-likeness (QED) is 0.726. The third-order valence-corrected chi connectivity index (χ3v) is 3.44. The first-order valence-electron chi connectivity index (χ1n) is 6.97. The third-order valence-electron chi connectivity index (χ3n) is 3.44. The molecule has 2 nitrogen and oxygen atoms in total. The van der Waals surface area contributed by atoms with Crippen LogP contribution < -0.4 is 4.90 Å². The van der Waals surface area contributed by atoms with E-state index in [1.807, 2.05) is 54.1 Å².